The van der Waals surface area contributed by atoms with Crippen molar-refractivity contribution in [2.45, 2.75) is 112 Å². The quantitative estimate of drug-likeness (QED) is 0.414. The van der Waals surface area contributed by atoms with Crippen molar-refractivity contribution in [2.24, 2.45) is 57.2 Å². The summed E-state index contributed by atoms with van der Waals surface area (Å²) in [5.74, 6) is 2.19. The molecule has 33 heavy (non-hydrogen) atoms. The Kier molecular flexibility index (Phi) is 5.15. The summed E-state index contributed by atoms with van der Waals surface area (Å²) in [6.45, 7) is 16.7. The van der Waals surface area contributed by atoms with E-state index in [1.54, 1.807) is 0 Å². The average Bonchev–Trinajstić information content (AvgIpc) is 2.74. The second kappa shape index (κ2) is 7.11. The van der Waals surface area contributed by atoms with E-state index in [0.29, 0.717) is 29.6 Å². The summed E-state index contributed by atoms with van der Waals surface area (Å²) in [5, 5.41) is 21.6. The number of carboxylic acids is 1. The molecule has 5 rings (SSSR count). The predicted molar refractivity (Wildman–Crippen MR) is 133 cm³/mol. The molecule has 0 spiro atoms. The first kappa shape index (κ1) is 23.9. The zero-order chi connectivity index (χ0) is 24.2. The molecule has 4 fully saturated rings. The molecule has 0 saturated heterocycles. The molecule has 186 valence electrons. The maximum Gasteiger partial charge on any atom is 0.310 e. The summed E-state index contributed by atoms with van der Waals surface area (Å²) >= 11 is 0. The van der Waals surface area contributed by atoms with E-state index in [2.05, 4.69) is 54.5 Å². The second-order valence-corrected chi connectivity index (χ2v) is 14.3. The Morgan fingerprint density at radius 2 is 1.64 bits per heavy atom. The first-order valence-corrected chi connectivity index (χ1v) is 13.9. The van der Waals surface area contributed by atoms with Gasteiger partial charge in [-0.2, -0.15) is 0 Å². The monoisotopic (exact) mass is 456 g/mol. The van der Waals surface area contributed by atoms with Crippen LogP contribution in [0.25, 0.3) is 0 Å². The van der Waals surface area contributed by atoms with E-state index < -0.39 is 17.0 Å². The van der Waals surface area contributed by atoms with Gasteiger partial charge in [0.25, 0.3) is 0 Å². The van der Waals surface area contributed by atoms with Crippen molar-refractivity contribution in [2.75, 3.05) is 0 Å². The summed E-state index contributed by atoms with van der Waals surface area (Å²) in [6.07, 6.45) is 11.8. The molecule has 0 amide bonds. The van der Waals surface area contributed by atoms with Gasteiger partial charge in [0.2, 0.25) is 0 Å². The van der Waals surface area contributed by atoms with Gasteiger partial charge in [-0.1, -0.05) is 53.2 Å². The Morgan fingerprint density at radius 1 is 0.939 bits per heavy atom. The van der Waals surface area contributed by atoms with Crippen molar-refractivity contribution in [3.05, 3.63) is 11.6 Å². The van der Waals surface area contributed by atoms with Gasteiger partial charge < -0.3 is 10.2 Å². The van der Waals surface area contributed by atoms with Gasteiger partial charge in [-0.15, -0.1) is 0 Å². The second-order valence-electron chi connectivity index (χ2n) is 14.3. The summed E-state index contributed by atoms with van der Waals surface area (Å²) in [5.41, 5.74) is 0.966. The Labute approximate surface area is 201 Å². The van der Waals surface area contributed by atoms with E-state index in [-0.39, 0.29) is 22.2 Å². The van der Waals surface area contributed by atoms with Gasteiger partial charge in [0.05, 0.1) is 11.0 Å². The molecular weight excluding hydrogens is 408 g/mol. The highest BCUT2D eigenvalue weighted by atomic mass is 16.4. The van der Waals surface area contributed by atoms with Gasteiger partial charge in [-0.05, 0) is 116 Å². The number of rotatable bonds is 1. The molecule has 0 aromatic carbocycles. The molecule has 3 heteroatoms. The van der Waals surface area contributed by atoms with Crippen molar-refractivity contribution >= 4 is 5.97 Å². The van der Waals surface area contributed by atoms with Crippen LogP contribution >= 0.6 is 0 Å². The van der Waals surface area contributed by atoms with Gasteiger partial charge in [0.15, 0.2) is 0 Å². The van der Waals surface area contributed by atoms with Crippen LogP contribution in [0.5, 0.6) is 0 Å². The van der Waals surface area contributed by atoms with E-state index in [4.69, 9.17) is 0 Å². The van der Waals surface area contributed by atoms with Crippen LogP contribution in [0.4, 0.5) is 0 Å². The summed E-state index contributed by atoms with van der Waals surface area (Å²) in [4.78, 5) is 12.8. The molecule has 4 saturated carbocycles. The maximum atomic E-state index is 12.8. The summed E-state index contributed by atoms with van der Waals surface area (Å²) in [7, 11) is 0. The minimum Gasteiger partial charge on any atom is -0.481 e. The molecule has 0 aromatic heterocycles. The lowest BCUT2D eigenvalue weighted by Gasteiger charge is -2.70. The third-order valence-electron chi connectivity index (χ3n) is 13.5. The van der Waals surface area contributed by atoms with E-state index in [1.807, 2.05) is 0 Å². The van der Waals surface area contributed by atoms with Crippen LogP contribution in [0, 0.1) is 57.2 Å². The molecule has 11 atom stereocenters. The lowest BCUT2D eigenvalue weighted by atomic mass is 9.34. The third-order valence-corrected chi connectivity index (χ3v) is 13.5. The van der Waals surface area contributed by atoms with Crippen LogP contribution in [0.3, 0.4) is 0 Å². The van der Waals surface area contributed by atoms with Crippen LogP contribution in [0.2, 0.25) is 0 Å². The summed E-state index contributed by atoms with van der Waals surface area (Å²) in [6, 6.07) is 0. The number of aliphatic hydroxyl groups is 1. The molecule has 5 aliphatic rings. The highest BCUT2D eigenvalue weighted by Gasteiger charge is 2.69. The van der Waals surface area contributed by atoms with Crippen molar-refractivity contribution in [1.29, 1.82) is 0 Å². The third kappa shape index (κ3) is 2.81. The minimum absolute atomic E-state index is 0.0854. The van der Waals surface area contributed by atoms with E-state index in [1.165, 1.54) is 18.4 Å². The number of carbonyl (C=O) groups is 1. The lowest BCUT2D eigenvalue weighted by molar-refractivity contribution is -0.202. The number of fused-ring (bicyclic) bond motifs is 7. The van der Waals surface area contributed by atoms with E-state index in [9.17, 15) is 15.0 Å². The molecule has 3 nitrogen and oxygen atoms in total. The van der Waals surface area contributed by atoms with Crippen molar-refractivity contribution < 1.29 is 15.0 Å². The zero-order valence-corrected chi connectivity index (χ0v) is 22.2. The van der Waals surface area contributed by atoms with Gasteiger partial charge in [0.1, 0.15) is 0 Å². The first-order valence-electron chi connectivity index (χ1n) is 13.9. The van der Waals surface area contributed by atoms with Crippen molar-refractivity contribution in [3.63, 3.8) is 0 Å². The standard InChI is InChI=1S/C30H48O3/c1-18-10-13-30(25(31)32)17-15-27(5)22(24(30)19(18)2)8-9-23-26(4)14-16-29(7,33)20(3)21(26)11-12-28(23,27)6/h8,18-21,23-24,33H,9-17H2,1-7H3,(H,31,32)/t18-,19+,20?,21?,23-,24+,26+,27-,28-,29+,30+/m1/s1. The van der Waals surface area contributed by atoms with Crippen molar-refractivity contribution in [3.8, 4) is 0 Å². The van der Waals surface area contributed by atoms with Crippen molar-refractivity contribution in [1.82, 2.24) is 0 Å². The fourth-order valence-corrected chi connectivity index (χ4v) is 10.6. The van der Waals surface area contributed by atoms with Gasteiger partial charge >= 0.3 is 5.97 Å². The lowest BCUT2D eigenvalue weighted by Crippen LogP contribution is -2.65. The molecule has 5 aliphatic carbocycles. The highest BCUT2D eigenvalue weighted by molar-refractivity contribution is 5.76. The topological polar surface area (TPSA) is 57.5 Å². The maximum absolute atomic E-state index is 12.8. The fraction of sp³-hybridized carbons (Fsp3) is 0.900. The average molecular weight is 457 g/mol. The number of hydrogen-bond acceptors (Lipinski definition) is 2. The van der Waals surface area contributed by atoms with Gasteiger partial charge in [-0.25, -0.2) is 0 Å². The number of hydrogen-bond donors (Lipinski definition) is 2. The largest absolute Gasteiger partial charge is 0.481 e. The Morgan fingerprint density at radius 3 is 2.30 bits per heavy atom. The number of carboxylic acid groups (broad SMARTS) is 1. The summed E-state index contributed by atoms with van der Waals surface area (Å²) < 4.78 is 0. The normalized spacial score (nSPS) is 58.2. The molecule has 0 bridgehead atoms. The molecule has 2 unspecified atom stereocenters. The fourth-order valence-electron chi connectivity index (χ4n) is 10.6. The SMILES string of the molecule is CC1C2CC[C@]3(C)[C@H](CC=C4[C@@H]5[C@@H](C)[C@H](C)CC[C@]5(C(=O)O)CC[C@]43C)[C@@]2(C)CC[C@]1(C)O. The van der Waals surface area contributed by atoms with Crippen LogP contribution in [0.15, 0.2) is 11.6 Å². The molecule has 0 aromatic rings. The minimum atomic E-state index is -0.556. The first-order chi connectivity index (χ1) is 15.2. The van der Waals surface area contributed by atoms with Crippen LogP contribution < -0.4 is 0 Å². The van der Waals surface area contributed by atoms with E-state index >= 15 is 0 Å². The smallest absolute Gasteiger partial charge is 0.310 e. The van der Waals surface area contributed by atoms with Crippen LogP contribution in [0.1, 0.15) is 106 Å². The molecule has 2 N–H and O–H groups in total. The Balaban J connectivity index is 1.60. The highest BCUT2D eigenvalue weighted by Crippen LogP contribution is 2.75. The molecule has 0 aliphatic heterocycles. The Hall–Kier alpha value is -0.830. The number of aliphatic carboxylic acids is 1. The number of allylic oxidation sites excluding steroid dienone is 2. The molecule has 0 radical (unpaired) electrons. The molecule has 0 heterocycles. The predicted octanol–water partition coefficient (Wildman–Crippen LogP) is 7.09. The van der Waals surface area contributed by atoms with Gasteiger partial charge in [-0.3, -0.25) is 4.79 Å². The Bertz CT molecular complexity index is 874. The van der Waals surface area contributed by atoms with Gasteiger partial charge in [0, 0.05) is 0 Å². The molecular formula is C30H48O3. The van der Waals surface area contributed by atoms with Crippen LogP contribution in [-0.4, -0.2) is 21.8 Å². The van der Waals surface area contributed by atoms with E-state index in [0.717, 1.165) is 44.9 Å². The zero-order valence-electron chi connectivity index (χ0n) is 22.2. The van der Waals surface area contributed by atoms with Crippen LogP contribution in [-0.2, 0) is 4.79 Å².